The molecule has 0 saturated carbocycles. The van der Waals surface area contributed by atoms with E-state index in [4.69, 9.17) is 13.9 Å². The molecule has 0 aliphatic carbocycles. The molecule has 0 atom stereocenters. The van der Waals surface area contributed by atoms with Gasteiger partial charge in [-0.3, -0.25) is 9.59 Å². The van der Waals surface area contributed by atoms with Crippen LogP contribution in [0.3, 0.4) is 0 Å². The second-order valence-electron chi connectivity index (χ2n) is 6.41. The Morgan fingerprint density at radius 1 is 1.00 bits per heavy atom. The Morgan fingerprint density at radius 3 is 2.61 bits per heavy atom. The van der Waals surface area contributed by atoms with Gasteiger partial charge in [-0.2, -0.15) is 0 Å². The first-order valence-electron chi connectivity index (χ1n) is 9.18. The maximum Gasteiger partial charge on any atom is 0.293 e. The summed E-state index contributed by atoms with van der Waals surface area (Å²) in [6.45, 7) is 2.88. The van der Waals surface area contributed by atoms with E-state index in [2.05, 4.69) is 10.6 Å². The quantitative estimate of drug-likeness (QED) is 0.693. The summed E-state index contributed by atoms with van der Waals surface area (Å²) >= 11 is 0. The lowest BCUT2D eigenvalue weighted by molar-refractivity contribution is -0.116. The molecule has 0 unspecified atom stereocenters. The number of rotatable bonds is 5. The molecule has 144 valence electrons. The zero-order valence-electron chi connectivity index (χ0n) is 15.4. The highest BCUT2D eigenvalue weighted by Crippen LogP contribution is 2.34. The highest BCUT2D eigenvalue weighted by molar-refractivity contribution is 6.14. The van der Waals surface area contributed by atoms with Crippen LogP contribution in [0.25, 0.3) is 11.0 Å². The van der Waals surface area contributed by atoms with Gasteiger partial charge >= 0.3 is 0 Å². The summed E-state index contributed by atoms with van der Waals surface area (Å²) < 4.78 is 16.8. The van der Waals surface area contributed by atoms with E-state index in [0.717, 1.165) is 0 Å². The van der Waals surface area contributed by atoms with Crippen LogP contribution >= 0.6 is 0 Å². The number of hydrogen-bond acceptors (Lipinski definition) is 5. The van der Waals surface area contributed by atoms with Crippen LogP contribution in [0, 0.1) is 0 Å². The number of carbonyl (C=O) groups is 2. The lowest BCUT2D eigenvalue weighted by Crippen LogP contribution is -2.18. The van der Waals surface area contributed by atoms with Crippen LogP contribution in [0.1, 0.15) is 30.3 Å². The summed E-state index contributed by atoms with van der Waals surface area (Å²) in [7, 11) is 0. The molecule has 3 aromatic rings. The first kappa shape index (κ1) is 17.9. The summed E-state index contributed by atoms with van der Waals surface area (Å²) in [6.07, 6.45) is 1.07. The molecular weight excluding hydrogens is 360 g/mol. The van der Waals surface area contributed by atoms with Gasteiger partial charge in [0, 0.05) is 23.6 Å². The molecule has 0 bridgehead atoms. The van der Waals surface area contributed by atoms with E-state index >= 15 is 0 Å². The van der Waals surface area contributed by atoms with Crippen molar-refractivity contribution in [1.82, 2.24) is 0 Å². The van der Waals surface area contributed by atoms with E-state index in [1.54, 1.807) is 30.3 Å². The molecule has 2 heterocycles. The van der Waals surface area contributed by atoms with Crippen molar-refractivity contribution in [3.63, 3.8) is 0 Å². The molecule has 28 heavy (non-hydrogen) atoms. The number of benzene rings is 2. The lowest BCUT2D eigenvalue weighted by Gasteiger charge is -2.18. The molecule has 1 aliphatic heterocycles. The number of hydrogen-bond donors (Lipinski definition) is 2. The van der Waals surface area contributed by atoms with E-state index in [0.29, 0.717) is 59.9 Å². The van der Waals surface area contributed by atoms with E-state index in [1.165, 1.54) is 0 Å². The number of para-hydroxylation sites is 1. The van der Waals surface area contributed by atoms with Crippen molar-refractivity contribution in [2.24, 2.45) is 0 Å². The summed E-state index contributed by atoms with van der Waals surface area (Å²) in [5.41, 5.74) is 1.45. The Balaban J connectivity index is 1.64. The third-order valence-electron chi connectivity index (χ3n) is 4.34. The molecule has 2 amide bonds. The van der Waals surface area contributed by atoms with Crippen LogP contribution in [0.2, 0.25) is 0 Å². The van der Waals surface area contributed by atoms with Crippen molar-refractivity contribution in [2.75, 3.05) is 23.8 Å². The first-order valence-corrected chi connectivity index (χ1v) is 9.18. The Bertz CT molecular complexity index is 1040. The number of ether oxygens (including phenoxy) is 2. The average molecular weight is 380 g/mol. The van der Waals surface area contributed by atoms with Gasteiger partial charge in [-0.05, 0) is 30.7 Å². The number of fused-ring (bicyclic) bond motifs is 2. The minimum Gasteiger partial charge on any atom is -0.486 e. The predicted octanol–water partition coefficient (Wildman–Crippen LogP) is 4.19. The minimum atomic E-state index is -0.459. The number of carbonyl (C=O) groups excluding carboxylic acids is 2. The van der Waals surface area contributed by atoms with Gasteiger partial charge in [0.05, 0.1) is 0 Å². The summed E-state index contributed by atoms with van der Waals surface area (Å²) in [6, 6.07) is 12.4. The third kappa shape index (κ3) is 3.51. The molecule has 0 spiro atoms. The molecular formula is C21H20N2O5. The molecule has 4 rings (SSSR count). The maximum absolute atomic E-state index is 12.9. The van der Waals surface area contributed by atoms with E-state index in [-0.39, 0.29) is 11.7 Å². The second kappa shape index (κ2) is 7.64. The van der Waals surface area contributed by atoms with Crippen LogP contribution in [0.4, 0.5) is 11.4 Å². The van der Waals surface area contributed by atoms with Crippen molar-refractivity contribution in [3.05, 3.63) is 48.2 Å². The number of amides is 2. The van der Waals surface area contributed by atoms with Gasteiger partial charge in [0.1, 0.15) is 24.5 Å². The fraction of sp³-hybridized carbons (Fsp3) is 0.238. The number of furan rings is 1. The van der Waals surface area contributed by atoms with Gasteiger partial charge in [-0.25, -0.2) is 0 Å². The van der Waals surface area contributed by atoms with Crippen molar-refractivity contribution in [2.45, 2.75) is 19.8 Å². The zero-order valence-corrected chi connectivity index (χ0v) is 15.4. The van der Waals surface area contributed by atoms with Gasteiger partial charge in [0.15, 0.2) is 11.5 Å². The minimum absolute atomic E-state index is 0.0561. The number of nitrogens with one attached hydrogen (secondary N) is 2. The van der Waals surface area contributed by atoms with Crippen LogP contribution < -0.4 is 20.1 Å². The predicted molar refractivity (Wildman–Crippen MR) is 105 cm³/mol. The van der Waals surface area contributed by atoms with E-state index < -0.39 is 5.91 Å². The van der Waals surface area contributed by atoms with E-state index in [9.17, 15) is 9.59 Å². The molecule has 0 saturated heterocycles. The standard InChI is InChI=1S/C21H20N2O5/c1-2-5-18(24)23-19-14-6-3-4-7-15(14)28-20(19)21(25)22-13-8-9-16-17(12-13)27-11-10-26-16/h3-4,6-9,12H,2,5,10-11H2,1H3,(H,22,25)(H,23,24). The summed E-state index contributed by atoms with van der Waals surface area (Å²) in [4.78, 5) is 25.0. The van der Waals surface area contributed by atoms with Crippen LogP contribution in [-0.4, -0.2) is 25.0 Å². The van der Waals surface area contributed by atoms with Crippen LogP contribution in [0.15, 0.2) is 46.9 Å². The highest BCUT2D eigenvalue weighted by Gasteiger charge is 2.23. The van der Waals surface area contributed by atoms with Crippen molar-refractivity contribution in [1.29, 1.82) is 0 Å². The Morgan fingerprint density at radius 2 is 1.79 bits per heavy atom. The van der Waals surface area contributed by atoms with Gasteiger partial charge in [-0.1, -0.05) is 19.1 Å². The van der Waals surface area contributed by atoms with Crippen molar-refractivity contribution < 1.29 is 23.5 Å². The summed E-state index contributed by atoms with van der Waals surface area (Å²) in [5, 5.41) is 6.29. The molecule has 1 aromatic heterocycles. The third-order valence-corrected chi connectivity index (χ3v) is 4.34. The fourth-order valence-electron chi connectivity index (χ4n) is 3.07. The normalized spacial score (nSPS) is 12.6. The molecule has 2 N–H and O–H groups in total. The lowest BCUT2D eigenvalue weighted by atomic mass is 10.2. The number of anilines is 2. The first-order chi connectivity index (χ1) is 13.7. The molecule has 7 nitrogen and oxygen atoms in total. The van der Waals surface area contributed by atoms with Crippen molar-refractivity contribution >= 4 is 34.2 Å². The second-order valence-corrected chi connectivity index (χ2v) is 6.41. The van der Waals surface area contributed by atoms with Crippen LogP contribution in [0.5, 0.6) is 11.5 Å². The Labute approximate surface area is 161 Å². The van der Waals surface area contributed by atoms with Gasteiger partial charge in [-0.15, -0.1) is 0 Å². The molecule has 2 aromatic carbocycles. The Hall–Kier alpha value is -3.48. The molecule has 0 fully saturated rings. The molecule has 7 heteroatoms. The van der Waals surface area contributed by atoms with Gasteiger partial charge in [0.2, 0.25) is 11.7 Å². The zero-order chi connectivity index (χ0) is 19.5. The van der Waals surface area contributed by atoms with Crippen LogP contribution in [-0.2, 0) is 4.79 Å². The summed E-state index contributed by atoms with van der Waals surface area (Å²) in [5.74, 6) is 0.647. The SMILES string of the molecule is CCCC(=O)Nc1c(C(=O)Nc2ccc3c(c2)OCCO3)oc2ccccc12. The Kier molecular flexibility index (Phi) is 4.89. The fourth-order valence-corrected chi connectivity index (χ4v) is 3.07. The maximum atomic E-state index is 12.9. The average Bonchev–Trinajstić information content (AvgIpc) is 3.07. The van der Waals surface area contributed by atoms with E-state index in [1.807, 2.05) is 19.1 Å². The largest absolute Gasteiger partial charge is 0.486 e. The topological polar surface area (TPSA) is 89.8 Å². The smallest absolute Gasteiger partial charge is 0.293 e. The van der Waals surface area contributed by atoms with Gasteiger partial charge < -0.3 is 24.5 Å². The van der Waals surface area contributed by atoms with Gasteiger partial charge in [0.25, 0.3) is 5.91 Å². The molecule has 1 aliphatic rings. The molecule has 0 radical (unpaired) electrons. The van der Waals surface area contributed by atoms with Crippen molar-refractivity contribution in [3.8, 4) is 11.5 Å². The highest BCUT2D eigenvalue weighted by atomic mass is 16.6. The monoisotopic (exact) mass is 380 g/mol.